The van der Waals surface area contributed by atoms with Crippen LogP contribution in [-0.2, 0) is 4.79 Å². The van der Waals surface area contributed by atoms with Crippen LogP contribution < -0.4 is 0 Å². The average molecular weight is 451 g/mol. The maximum Gasteiger partial charge on any atom is 0.233 e. The van der Waals surface area contributed by atoms with Gasteiger partial charge in [0.25, 0.3) is 0 Å². The molecule has 0 saturated carbocycles. The number of β-amino-alcohol motifs (C(OH)–C–C–N with tert-alkyl or cyclic N) is 1. The highest BCUT2D eigenvalue weighted by atomic mass is 16.3. The highest BCUT2D eigenvalue weighted by Gasteiger charge is 2.48. The molecule has 4 heterocycles. The largest absolute Gasteiger partial charge is 0.385 e. The maximum absolute atomic E-state index is 13.5. The molecule has 1 spiro atoms. The molecule has 0 bridgehead atoms. The third-order valence-electron chi connectivity index (χ3n) is 7.53. The van der Waals surface area contributed by atoms with Crippen LogP contribution in [0.5, 0.6) is 0 Å². The number of tetrazole rings is 1. The van der Waals surface area contributed by atoms with Gasteiger partial charge in [-0.3, -0.25) is 4.79 Å². The SMILES string of the molecule is C=C1CCC(N2CCC3(CCCN(CC(O)c4ccc(-n5cnnn5)nn4)CC3)C2=O)=C1C. The number of hydrogen-bond donors (Lipinski definition) is 1. The van der Waals surface area contributed by atoms with Gasteiger partial charge in [0.15, 0.2) is 5.82 Å². The number of aromatic nitrogens is 6. The first-order chi connectivity index (χ1) is 16.0. The molecule has 2 atom stereocenters. The summed E-state index contributed by atoms with van der Waals surface area (Å²) in [4.78, 5) is 17.8. The predicted molar refractivity (Wildman–Crippen MR) is 120 cm³/mol. The Balaban J connectivity index is 1.21. The molecule has 2 aliphatic heterocycles. The van der Waals surface area contributed by atoms with E-state index in [4.69, 9.17) is 0 Å². The molecule has 10 heteroatoms. The minimum absolute atomic E-state index is 0.274. The van der Waals surface area contributed by atoms with Gasteiger partial charge in [-0.15, -0.1) is 10.2 Å². The number of allylic oxidation sites excluding steroid dienone is 3. The van der Waals surface area contributed by atoms with Crippen molar-refractivity contribution < 1.29 is 9.90 Å². The third-order valence-corrected chi connectivity index (χ3v) is 7.53. The second kappa shape index (κ2) is 8.75. The second-order valence-corrected chi connectivity index (χ2v) is 9.40. The summed E-state index contributed by atoms with van der Waals surface area (Å²) < 4.78 is 1.41. The Hall–Kier alpha value is -2.98. The van der Waals surface area contributed by atoms with E-state index in [1.165, 1.54) is 22.3 Å². The number of aliphatic hydroxyl groups is 1. The number of nitrogens with zero attached hydrogens (tertiary/aromatic N) is 8. The summed E-state index contributed by atoms with van der Waals surface area (Å²) >= 11 is 0. The minimum atomic E-state index is -0.748. The van der Waals surface area contributed by atoms with E-state index >= 15 is 0 Å². The van der Waals surface area contributed by atoms with Crippen LogP contribution in [0.3, 0.4) is 0 Å². The zero-order valence-corrected chi connectivity index (χ0v) is 19.0. The van der Waals surface area contributed by atoms with Crippen LogP contribution >= 0.6 is 0 Å². The summed E-state index contributed by atoms with van der Waals surface area (Å²) in [5, 5.41) is 30.0. The number of amides is 1. The predicted octanol–water partition coefficient (Wildman–Crippen LogP) is 1.81. The van der Waals surface area contributed by atoms with Crippen LogP contribution in [0.4, 0.5) is 0 Å². The Labute approximate surface area is 193 Å². The molecule has 0 radical (unpaired) electrons. The molecular weight excluding hydrogens is 420 g/mol. The van der Waals surface area contributed by atoms with E-state index in [-0.39, 0.29) is 11.3 Å². The van der Waals surface area contributed by atoms with Crippen molar-refractivity contribution >= 4 is 5.91 Å². The molecule has 1 aliphatic carbocycles. The molecular formula is C23H30N8O2. The van der Waals surface area contributed by atoms with E-state index in [2.05, 4.69) is 44.1 Å². The topological polar surface area (TPSA) is 113 Å². The molecule has 2 saturated heterocycles. The summed E-state index contributed by atoms with van der Waals surface area (Å²) in [5.74, 6) is 0.783. The first-order valence-electron chi connectivity index (χ1n) is 11.6. The summed E-state index contributed by atoms with van der Waals surface area (Å²) in [6, 6.07) is 3.48. The Morgan fingerprint density at radius 1 is 1.15 bits per heavy atom. The van der Waals surface area contributed by atoms with E-state index < -0.39 is 6.10 Å². The number of aliphatic hydroxyl groups excluding tert-OH is 1. The summed E-state index contributed by atoms with van der Waals surface area (Å²) in [7, 11) is 0. The molecule has 3 aliphatic rings. The number of rotatable bonds is 5. The maximum atomic E-state index is 13.5. The molecule has 5 rings (SSSR count). The standard InChI is InChI=1S/C23H30N8O2/c1-16-4-6-19(17(16)2)30-13-10-23(22(30)33)8-3-11-29(12-9-23)14-20(32)18-5-7-21(26-25-18)31-15-24-27-28-31/h5,7,15,20,32H,1,3-4,6,8-14H2,2H3. The van der Waals surface area contributed by atoms with Gasteiger partial charge in [0.1, 0.15) is 12.4 Å². The lowest BCUT2D eigenvalue weighted by Gasteiger charge is -2.28. The van der Waals surface area contributed by atoms with Crippen LogP contribution in [0.2, 0.25) is 0 Å². The van der Waals surface area contributed by atoms with Crippen molar-refractivity contribution in [1.82, 2.24) is 40.2 Å². The van der Waals surface area contributed by atoms with Crippen molar-refractivity contribution in [3.63, 3.8) is 0 Å². The Kier molecular flexibility index (Phi) is 5.79. The van der Waals surface area contributed by atoms with Crippen molar-refractivity contribution in [3.8, 4) is 5.82 Å². The highest BCUT2D eigenvalue weighted by Crippen LogP contribution is 2.45. The lowest BCUT2D eigenvalue weighted by molar-refractivity contribution is -0.135. The van der Waals surface area contributed by atoms with Gasteiger partial charge in [-0.2, -0.15) is 9.78 Å². The van der Waals surface area contributed by atoms with Gasteiger partial charge in [0.2, 0.25) is 5.91 Å². The Morgan fingerprint density at radius 3 is 2.70 bits per heavy atom. The molecule has 0 aromatic carbocycles. The van der Waals surface area contributed by atoms with Crippen LogP contribution in [0.15, 0.2) is 41.9 Å². The molecule has 174 valence electrons. The van der Waals surface area contributed by atoms with E-state index in [9.17, 15) is 9.90 Å². The molecule has 2 unspecified atom stereocenters. The van der Waals surface area contributed by atoms with Crippen LogP contribution in [0.25, 0.3) is 5.82 Å². The third kappa shape index (κ3) is 4.08. The summed E-state index contributed by atoms with van der Waals surface area (Å²) in [6.45, 7) is 9.16. The molecule has 33 heavy (non-hydrogen) atoms. The van der Waals surface area contributed by atoms with Crippen molar-refractivity contribution in [3.05, 3.63) is 47.6 Å². The van der Waals surface area contributed by atoms with Crippen molar-refractivity contribution in [2.45, 2.75) is 51.6 Å². The minimum Gasteiger partial charge on any atom is -0.385 e. The first kappa shape index (κ1) is 21.8. The summed E-state index contributed by atoms with van der Waals surface area (Å²) in [6.07, 6.45) is 6.18. The molecule has 1 N–H and O–H groups in total. The van der Waals surface area contributed by atoms with Gasteiger partial charge in [0, 0.05) is 18.8 Å². The summed E-state index contributed by atoms with van der Waals surface area (Å²) in [5.41, 5.74) is 3.78. The van der Waals surface area contributed by atoms with E-state index in [0.29, 0.717) is 18.1 Å². The Morgan fingerprint density at radius 2 is 2.00 bits per heavy atom. The molecule has 2 aromatic heterocycles. The smallest absolute Gasteiger partial charge is 0.233 e. The van der Waals surface area contributed by atoms with E-state index in [1.807, 2.05) is 4.90 Å². The highest BCUT2D eigenvalue weighted by molar-refractivity contribution is 5.87. The van der Waals surface area contributed by atoms with Crippen LogP contribution in [0, 0.1) is 5.41 Å². The fraction of sp³-hybridized carbons (Fsp3) is 0.565. The normalized spacial score (nSPS) is 25.3. The Bertz CT molecular complexity index is 1060. The first-order valence-corrected chi connectivity index (χ1v) is 11.6. The zero-order chi connectivity index (χ0) is 23.0. The monoisotopic (exact) mass is 450 g/mol. The lowest BCUT2D eigenvalue weighted by Crippen LogP contribution is -2.36. The van der Waals surface area contributed by atoms with Crippen molar-refractivity contribution in [1.29, 1.82) is 0 Å². The molecule has 10 nitrogen and oxygen atoms in total. The van der Waals surface area contributed by atoms with Crippen LogP contribution in [0.1, 0.15) is 57.2 Å². The van der Waals surface area contributed by atoms with Gasteiger partial charge in [-0.05, 0) is 86.7 Å². The average Bonchev–Trinajstić information content (AvgIpc) is 3.50. The fourth-order valence-electron chi connectivity index (χ4n) is 5.40. The van der Waals surface area contributed by atoms with E-state index in [0.717, 1.165) is 63.7 Å². The number of carbonyl (C=O) groups is 1. The number of hydrogen-bond acceptors (Lipinski definition) is 8. The van der Waals surface area contributed by atoms with Gasteiger partial charge >= 0.3 is 0 Å². The lowest BCUT2D eigenvalue weighted by atomic mass is 9.79. The molecule has 2 aromatic rings. The number of likely N-dealkylation sites (tertiary alicyclic amines) is 2. The van der Waals surface area contributed by atoms with E-state index in [1.54, 1.807) is 12.1 Å². The molecule has 1 amide bonds. The van der Waals surface area contributed by atoms with Gasteiger partial charge in [-0.25, -0.2) is 0 Å². The molecule has 2 fully saturated rings. The second-order valence-electron chi connectivity index (χ2n) is 9.40. The van der Waals surface area contributed by atoms with Crippen molar-refractivity contribution in [2.75, 3.05) is 26.2 Å². The van der Waals surface area contributed by atoms with Gasteiger partial charge < -0.3 is 14.9 Å². The number of carbonyl (C=O) groups excluding carboxylic acids is 1. The zero-order valence-electron chi connectivity index (χ0n) is 19.0. The fourth-order valence-corrected chi connectivity index (χ4v) is 5.40. The van der Waals surface area contributed by atoms with Gasteiger partial charge in [0.05, 0.1) is 11.1 Å². The quantitative estimate of drug-likeness (QED) is 0.734. The van der Waals surface area contributed by atoms with Crippen molar-refractivity contribution in [2.24, 2.45) is 5.41 Å². The van der Waals surface area contributed by atoms with Gasteiger partial charge in [-0.1, -0.05) is 12.2 Å². The van der Waals surface area contributed by atoms with Crippen LogP contribution in [-0.4, -0.2) is 77.4 Å².